The highest BCUT2D eigenvalue weighted by Crippen LogP contribution is 2.40. The molecule has 3 heteroatoms. The van der Waals surface area contributed by atoms with Crippen LogP contribution in [0.3, 0.4) is 0 Å². The molecule has 24 heavy (non-hydrogen) atoms. The lowest BCUT2D eigenvalue weighted by atomic mass is 9.69. The lowest BCUT2D eigenvalue weighted by Crippen LogP contribution is -2.51. The molecule has 0 radical (unpaired) electrons. The molecule has 3 aliphatic rings. The largest absolute Gasteiger partial charge is 0.350 e. The first kappa shape index (κ1) is 18.7. The summed E-state index contributed by atoms with van der Waals surface area (Å²) in [5.74, 6) is 1.99. The molecule has 140 valence electrons. The van der Waals surface area contributed by atoms with Crippen LogP contribution in [0.5, 0.6) is 0 Å². The maximum absolute atomic E-state index is 5.53. The summed E-state index contributed by atoms with van der Waals surface area (Å²) in [4.78, 5) is 0. The SMILES string of the molecule is CCCCCC1CCCC2NC(CCCCC3OCCO3)CCC12. The molecule has 0 aromatic carbocycles. The van der Waals surface area contributed by atoms with Crippen molar-refractivity contribution in [3.63, 3.8) is 0 Å². The average Bonchev–Trinajstić information content (AvgIpc) is 3.12. The predicted molar refractivity (Wildman–Crippen MR) is 99.1 cm³/mol. The van der Waals surface area contributed by atoms with E-state index in [1.54, 1.807) is 0 Å². The third kappa shape index (κ3) is 5.44. The molecule has 2 aliphatic heterocycles. The van der Waals surface area contributed by atoms with Crippen molar-refractivity contribution in [3.05, 3.63) is 0 Å². The van der Waals surface area contributed by atoms with Crippen molar-refractivity contribution in [2.24, 2.45) is 11.8 Å². The molecule has 0 amide bonds. The minimum atomic E-state index is 0.0934. The Kier molecular flexibility index (Phi) is 7.88. The van der Waals surface area contributed by atoms with Gasteiger partial charge in [0.25, 0.3) is 0 Å². The number of ether oxygens (including phenoxy) is 2. The Labute approximate surface area is 149 Å². The van der Waals surface area contributed by atoms with E-state index in [9.17, 15) is 0 Å². The van der Waals surface area contributed by atoms with Crippen molar-refractivity contribution in [2.75, 3.05) is 13.2 Å². The third-order valence-corrected chi connectivity index (χ3v) is 6.62. The molecule has 0 spiro atoms. The van der Waals surface area contributed by atoms with E-state index in [1.807, 2.05) is 0 Å². The van der Waals surface area contributed by atoms with Crippen LogP contribution in [-0.4, -0.2) is 31.6 Å². The van der Waals surface area contributed by atoms with Crippen LogP contribution < -0.4 is 5.32 Å². The van der Waals surface area contributed by atoms with Gasteiger partial charge in [0.2, 0.25) is 0 Å². The maximum atomic E-state index is 5.53. The summed E-state index contributed by atoms with van der Waals surface area (Å²) in [6, 6.07) is 1.59. The molecule has 1 N–H and O–H groups in total. The molecule has 1 saturated carbocycles. The van der Waals surface area contributed by atoms with E-state index in [0.717, 1.165) is 43.6 Å². The fraction of sp³-hybridized carbons (Fsp3) is 1.00. The summed E-state index contributed by atoms with van der Waals surface area (Å²) in [6.07, 6.45) is 18.1. The predicted octanol–water partition coefficient (Wildman–Crippen LogP) is 5.04. The highest BCUT2D eigenvalue weighted by atomic mass is 16.7. The summed E-state index contributed by atoms with van der Waals surface area (Å²) >= 11 is 0. The van der Waals surface area contributed by atoms with Crippen molar-refractivity contribution in [1.82, 2.24) is 5.32 Å². The average molecular weight is 338 g/mol. The van der Waals surface area contributed by atoms with E-state index in [4.69, 9.17) is 9.47 Å². The molecule has 4 atom stereocenters. The molecule has 2 heterocycles. The van der Waals surface area contributed by atoms with Crippen LogP contribution in [0.1, 0.15) is 90.4 Å². The fourth-order valence-electron chi connectivity index (χ4n) is 5.30. The molecular weight excluding hydrogens is 298 g/mol. The van der Waals surface area contributed by atoms with Gasteiger partial charge in [-0.15, -0.1) is 0 Å². The number of nitrogens with one attached hydrogen (secondary N) is 1. The van der Waals surface area contributed by atoms with E-state index in [1.165, 1.54) is 77.0 Å². The maximum Gasteiger partial charge on any atom is 0.157 e. The van der Waals surface area contributed by atoms with Gasteiger partial charge in [-0.3, -0.25) is 0 Å². The van der Waals surface area contributed by atoms with Gasteiger partial charge in [-0.25, -0.2) is 0 Å². The number of hydrogen-bond acceptors (Lipinski definition) is 3. The number of fused-ring (bicyclic) bond motifs is 1. The Bertz CT molecular complexity index is 343. The standard InChI is InChI=1S/C21H39NO2/c1-2-3-4-8-17-9-7-11-20-19(17)14-13-18(22-20)10-5-6-12-21-23-15-16-24-21/h17-22H,2-16H2,1H3. The normalized spacial score (nSPS) is 34.4. The van der Waals surface area contributed by atoms with Gasteiger partial charge in [-0.05, 0) is 50.4 Å². The third-order valence-electron chi connectivity index (χ3n) is 6.62. The van der Waals surface area contributed by atoms with Crippen LogP contribution in [0.25, 0.3) is 0 Å². The van der Waals surface area contributed by atoms with E-state index >= 15 is 0 Å². The van der Waals surface area contributed by atoms with Crippen molar-refractivity contribution < 1.29 is 9.47 Å². The summed E-state index contributed by atoms with van der Waals surface area (Å²) in [6.45, 7) is 3.90. The molecule has 2 saturated heterocycles. The van der Waals surface area contributed by atoms with E-state index in [2.05, 4.69) is 12.2 Å². The number of piperidine rings is 1. The van der Waals surface area contributed by atoms with Crippen LogP contribution >= 0.6 is 0 Å². The van der Waals surface area contributed by atoms with Crippen molar-refractivity contribution in [2.45, 2.75) is 109 Å². The van der Waals surface area contributed by atoms with E-state index < -0.39 is 0 Å². The van der Waals surface area contributed by atoms with Gasteiger partial charge in [0.05, 0.1) is 13.2 Å². The molecule has 0 aromatic rings. The second-order valence-electron chi connectivity index (χ2n) is 8.35. The lowest BCUT2D eigenvalue weighted by molar-refractivity contribution is -0.0481. The number of unbranched alkanes of at least 4 members (excludes halogenated alkanes) is 3. The van der Waals surface area contributed by atoms with Crippen LogP contribution in [0, 0.1) is 11.8 Å². The zero-order chi connectivity index (χ0) is 16.6. The van der Waals surface area contributed by atoms with Crippen LogP contribution in [-0.2, 0) is 9.47 Å². The van der Waals surface area contributed by atoms with Crippen molar-refractivity contribution >= 4 is 0 Å². The molecule has 1 aliphatic carbocycles. The first-order valence-electron chi connectivity index (χ1n) is 10.9. The van der Waals surface area contributed by atoms with Gasteiger partial charge in [-0.1, -0.05) is 51.9 Å². The number of hydrogen-bond donors (Lipinski definition) is 1. The molecule has 3 nitrogen and oxygen atoms in total. The smallest absolute Gasteiger partial charge is 0.157 e. The first-order valence-corrected chi connectivity index (χ1v) is 10.9. The van der Waals surface area contributed by atoms with Crippen molar-refractivity contribution in [1.29, 1.82) is 0 Å². The van der Waals surface area contributed by atoms with Gasteiger partial charge in [0, 0.05) is 12.1 Å². The highest BCUT2D eigenvalue weighted by molar-refractivity contribution is 4.93. The summed E-state index contributed by atoms with van der Waals surface area (Å²) < 4.78 is 11.1. The monoisotopic (exact) mass is 337 g/mol. The Balaban J connectivity index is 1.33. The molecule has 3 rings (SSSR count). The van der Waals surface area contributed by atoms with Gasteiger partial charge in [0.15, 0.2) is 6.29 Å². The zero-order valence-electron chi connectivity index (χ0n) is 15.8. The minimum absolute atomic E-state index is 0.0934. The van der Waals surface area contributed by atoms with Gasteiger partial charge < -0.3 is 14.8 Å². The molecule has 4 unspecified atom stereocenters. The molecule has 0 bridgehead atoms. The summed E-state index contributed by atoms with van der Waals surface area (Å²) in [5.41, 5.74) is 0. The van der Waals surface area contributed by atoms with Crippen molar-refractivity contribution in [3.8, 4) is 0 Å². The second kappa shape index (κ2) is 10.1. The van der Waals surface area contributed by atoms with Gasteiger partial charge >= 0.3 is 0 Å². The highest BCUT2D eigenvalue weighted by Gasteiger charge is 2.36. The molecule has 3 fully saturated rings. The van der Waals surface area contributed by atoms with Crippen LogP contribution in [0.15, 0.2) is 0 Å². The quantitative estimate of drug-likeness (QED) is 0.598. The first-order chi connectivity index (χ1) is 11.9. The Morgan fingerprint density at radius 2 is 1.62 bits per heavy atom. The van der Waals surface area contributed by atoms with Gasteiger partial charge in [0.1, 0.15) is 0 Å². The minimum Gasteiger partial charge on any atom is -0.350 e. The summed E-state index contributed by atoms with van der Waals surface area (Å²) in [5, 5.41) is 4.04. The fourth-order valence-corrected chi connectivity index (χ4v) is 5.30. The molecular formula is C21H39NO2. The lowest BCUT2D eigenvalue weighted by Gasteiger charge is -2.45. The van der Waals surface area contributed by atoms with E-state index in [-0.39, 0.29) is 6.29 Å². The van der Waals surface area contributed by atoms with Crippen LogP contribution in [0.4, 0.5) is 0 Å². The zero-order valence-corrected chi connectivity index (χ0v) is 15.8. The number of rotatable bonds is 9. The van der Waals surface area contributed by atoms with Gasteiger partial charge in [-0.2, -0.15) is 0 Å². The summed E-state index contributed by atoms with van der Waals surface area (Å²) in [7, 11) is 0. The Morgan fingerprint density at radius 3 is 2.46 bits per heavy atom. The van der Waals surface area contributed by atoms with E-state index in [0.29, 0.717) is 0 Å². The van der Waals surface area contributed by atoms with Crippen LogP contribution in [0.2, 0.25) is 0 Å². The molecule has 0 aromatic heterocycles. The second-order valence-corrected chi connectivity index (χ2v) is 8.35. The Morgan fingerprint density at radius 1 is 0.833 bits per heavy atom. The Hall–Kier alpha value is -0.120. The topological polar surface area (TPSA) is 30.5 Å².